The zero-order chi connectivity index (χ0) is 15.5. The summed E-state index contributed by atoms with van der Waals surface area (Å²) in [4.78, 5) is 21.4. The molecular weight excluding hydrogens is 344 g/mol. The lowest BCUT2D eigenvalue weighted by atomic mass is 9.92. The fourth-order valence-electron chi connectivity index (χ4n) is 3.33. The molecule has 2 aliphatic rings. The predicted molar refractivity (Wildman–Crippen MR) is 90.9 cm³/mol. The number of rotatable bonds is 2. The molecule has 2 aliphatic heterocycles. The highest BCUT2D eigenvalue weighted by molar-refractivity contribution is 9.10. The molecule has 22 heavy (non-hydrogen) atoms. The van der Waals surface area contributed by atoms with Gasteiger partial charge in [-0.1, -0.05) is 0 Å². The van der Waals surface area contributed by atoms with Crippen LogP contribution >= 0.6 is 15.9 Å². The Kier molecular flexibility index (Phi) is 4.98. The summed E-state index contributed by atoms with van der Waals surface area (Å²) in [6.07, 6.45) is 3.76. The van der Waals surface area contributed by atoms with Crippen LogP contribution in [0.25, 0.3) is 0 Å². The summed E-state index contributed by atoms with van der Waals surface area (Å²) in [7, 11) is 0. The first kappa shape index (κ1) is 15.7. The van der Waals surface area contributed by atoms with E-state index in [0.717, 1.165) is 55.9 Å². The Bertz CT molecular complexity index is 513. The van der Waals surface area contributed by atoms with Crippen LogP contribution in [0.5, 0.6) is 0 Å². The van der Waals surface area contributed by atoms with Gasteiger partial charge in [0.25, 0.3) is 0 Å². The van der Waals surface area contributed by atoms with Crippen molar-refractivity contribution in [2.45, 2.75) is 25.8 Å². The van der Waals surface area contributed by atoms with E-state index in [4.69, 9.17) is 0 Å². The van der Waals surface area contributed by atoms with Gasteiger partial charge in [-0.05, 0) is 54.4 Å². The van der Waals surface area contributed by atoms with E-state index in [1.165, 1.54) is 0 Å². The van der Waals surface area contributed by atoms with E-state index >= 15 is 0 Å². The SMILES string of the molecule is C[C@H]1C[C@@H](C(=O)N2CCN(c3ccc(Br)cn3)CC2)CCN1. The van der Waals surface area contributed by atoms with E-state index in [1.807, 2.05) is 23.2 Å². The molecule has 6 heteroatoms. The van der Waals surface area contributed by atoms with Crippen LogP contribution in [0, 0.1) is 5.92 Å². The van der Waals surface area contributed by atoms with E-state index in [9.17, 15) is 4.79 Å². The van der Waals surface area contributed by atoms with Crippen molar-refractivity contribution in [3.8, 4) is 0 Å². The zero-order valence-electron chi connectivity index (χ0n) is 13.0. The molecule has 3 rings (SSSR count). The quantitative estimate of drug-likeness (QED) is 0.867. The third-order valence-electron chi connectivity index (χ3n) is 4.60. The maximum Gasteiger partial charge on any atom is 0.225 e. The topological polar surface area (TPSA) is 48.5 Å². The molecule has 0 spiro atoms. The minimum Gasteiger partial charge on any atom is -0.353 e. The maximum atomic E-state index is 12.6. The fourth-order valence-corrected chi connectivity index (χ4v) is 3.56. The molecule has 5 nitrogen and oxygen atoms in total. The van der Waals surface area contributed by atoms with Crippen molar-refractivity contribution in [1.29, 1.82) is 0 Å². The van der Waals surface area contributed by atoms with Crippen molar-refractivity contribution in [2.75, 3.05) is 37.6 Å². The van der Waals surface area contributed by atoms with Crippen LogP contribution in [-0.4, -0.2) is 54.6 Å². The Balaban J connectivity index is 1.55. The molecule has 1 aromatic rings. The minimum absolute atomic E-state index is 0.202. The van der Waals surface area contributed by atoms with Crippen LogP contribution in [-0.2, 0) is 4.79 Å². The summed E-state index contributed by atoms with van der Waals surface area (Å²) in [5.41, 5.74) is 0. The third-order valence-corrected chi connectivity index (χ3v) is 5.07. The molecule has 0 aliphatic carbocycles. The van der Waals surface area contributed by atoms with Gasteiger partial charge < -0.3 is 15.1 Å². The number of aromatic nitrogens is 1. The molecule has 3 heterocycles. The van der Waals surface area contributed by atoms with Crippen molar-refractivity contribution in [3.63, 3.8) is 0 Å². The van der Waals surface area contributed by atoms with Crippen molar-refractivity contribution in [2.24, 2.45) is 5.92 Å². The second-order valence-electron chi connectivity index (χ2n) is 6.22. The average Bonchev–Trinajstić information content (AvgIpc) is 2.55. The summed E-state index contributed by atoms with van der Waals surface area (Å²) < 4.78 is 0.991. The number of piperazine rings is 1. The van der Waals surface area contributed by atoms with Crippen molar-refractivity contribution < 1.29 is 4.79 Å². The van der Waals surface area contributed by atoms with E-state index < -0.39 is 0 Å². The van der Waals surface area contributed by atoms with Gasteiger partial charge in [-0.15, -0.1) is 0 Å². The van der Waals surface area contributed by atoms with Crippen LogP contribution in [0.15, 0.2) is 22.8 Å². The average molecular weight is 367 g/mol. The monoisotopic (exact) mass is 366 g/mol. The van der Waals surface area contributed by atoms with Crippen molar-refractivity contribution in [3.05, 3.63) is 22.8 Å². The van der Waals surface area contributed by atoms with Crippen LogP contribution in [0.1, 0.15) is 19.8 Å². The highest BCUT2D eigenvalue weighted by Gasteiger charge is 2.30. The molecule has 0 unspecified atom stereocenters. The van der Waals surface area contributed by atoms with E-state index in [1.54, 1.807) is 0 Å². The first-order chi connectivity index (χ1) is 10.6. The minimum atomic E-state index is 0.202. The van der Waals surface area contributed by atoms with Gasteiger partial charge >= 0.3 is 0 Å². The molecule has 120 valence electrons. The molecule has 2 fully saturated rings. The summed E-state index contributed by atoms with van der Waals surface area (Å²) in [6.45, 7) is 6.45. The molecular formula is C16H23BrN4O. The number of nitrogens with one attached hydrogen (secondary N) is 1. The predicted octanol–water partition coefficient (Wildman–Crippen LogP) is 1.88. The van der Waals surface area contributed by atoms with Gasteiger partial charge in [-0.25, -0.2) is 4.98 Å². The third kappa shape index (κ3) is 3.60. The van der Waals surface area contributed by atoms with Gasteiger partial charge in [0.05, 0.1) is 0 Å². The van der Waals surface area contributed by atoms with Gasteiger partial charge in [0.15, 0.2) is 0 Å². The summed E-state index contributed by atoms with van der Waals surface area (Å²) in [5.74, 6) is 1.54. The van der Waals surface area contributed by atoms with E-state index in [2.05, 4.69) is 38.1 Å². The molecule has 0 saturated carbocycles. The smallest absolute Gasteiger partial charge is 0.225 e. The van der Waals surface area contributed by atoms with E-state index in [0.29, 0.717) is 11.9 Å². The number of pyridine rings is 1. The Labute approximate surface area is 140 Å². The maximum absolute atomic E-state index is 12.6. The highest BCUT2D eigenvalue weighted by Crippen LogP contribution is 2.21. The normalized spacial score (nSPS) is 26.1. The van der Waals surface area contributed by atoms with Gasteiger partial charge in [0.1, 0.15) is 5.82 Å². The molecule has 0 aromatic carbocycles. The Morgan fingerprint density at radius 2 is 2.09 bits per heavy atom. The fraction of sp³-hybridized carbons (Fsp3) is 0.625. The van der Waals surface area contributed by atoms with Crippen LogP contribution in [0.4, 0.5) is 5.82 Å². The Morgan fingerprint density at radius 1 is 1.32 bits per heavy atom. The van der Waals surface area contributed by atoms with Crippen LogP contribution < -0.4 is 10.2 Å². The lowest BCUT2D eigenvalue weighted by Gasteiger charge is -2.38. The molecule has 2 atom stereocenters. The van der Waals surface area contributed by atoms with Gasteiger partial charge in [0, 0.05) is 48.8 Å². The first-order valence-corrected chi connectivity index (χ1v) is 8.81. The lowest BCUT2D eigenvalue weighted by Crippen LogP contribution is -2.52. The van der Waals surface area contributed by atoms with Crippen LogP contribution in [0.2, 0.25) is 0 Å². The lowest BCUT2D eigenvalue weighted by molar-refractivity contribution is -0.137. The molecule has 2 saturated heterocycles. The van der Waals surface area contributed by atoms with Crippen molar-refractivity contribution in [1.82, 2.24) is 15.2 Å². The van der Waals surface area contributed by atoms with Gasteiger partial charge in [0.2, 0.25) is 5.91 Å². The second kappa shape index (κ2) is 6.96. The number of hydrogen-bond acceptors (Lipinski definition) is 4. The molecule has 0 bridgehead atoms. The number of amides is 1. The van der Waals surface area contributed by atoms with Crippen LogP contribution in [0.3, 0.4) is 0 Å². The van der Waals surface area contributed by atoms with Crippen molar-refractivity contribution >= 4 is 27.7 Å². The second-order valence-corrected chi connectivity index (χ2v) is 7.14. The number of hydrogen-bond donors (Lipinski definition) is 1. The zero-order valence-corrected chi connectivity index (χ0v) is 14.6. The summed E-state index contributed by atoms with van der Waals surface area (Å²) in [6, 6.07) is 4.49. The van der Waals surface area contributed by atoms with Gasteiger partial charge in [-0.2, -0.15) is 0 Å². The Hall–Kier alpha value is -1.14. The first-order valence-electron chi connectivity index (χ1n) is 8.02. The van der Waals surface area contributed by atoms with Gasteiger partial charge in [-0.3, -0.25) is 4.79 Å². The van der Waals surface area contributed by atoms with E-state index in [-0.39, 0.29) is 5.92 Å². The number of nitrogens with zero attached hydrogens (tertiary/aromatic N) is 3. The standard InChI is InChI=1S/C16H23BrN4O/c1-12-10-13(4-5-18-12)16(22)21-8-6-20(7-9-21)15-3-2-14(17)11-19-15/h2-3,11-13,18H,4-10H2,1H3/t12-,13-/m0/s1. The Morgan fingerprint density at radius 3 is 2.73 bits per heavy atom. The summed E-state index contributed by atoms with van der Waals surface area (Å²) >= 11 is 3.41. The number of halogens is 1. The molecule has 1 amide bonds. The molecule has 1 aromatic heterocycles. The highest BCUT2D eigenvalue weighted by atomic mass is 79.9. The number of carbonyl (C=O) groups is 1. The largest absolute Gasteiger partial charge is 0.353 e. The molecule has 1 N–H and O–H groups in total. The number of anilines is 1. The molecule has 0 radical (unpaired) electrons. The number of carbonyl (C=O) groups excluding carboxylic acids is 1. The summed E-state index contributed by atoms with van der Waals surface area (Å²) in [5, 5.41) is 3.41. The number of piperidine rings is 1.